The number of para-hydroxylation sites is 2. The Bertz CT molecular complexity index is 1050. The first-order chi connectivity index (χ1) is 13.5. The van der Waals surface area contributed by atoms with Crippen LogP contribution in [0.25, 0.3) is 11.0 Å². The fraction of sp³-hybridized carbons (Fsp3) is 0.238. The maximum Gasteiger partial charge on any atom is 0.321 e. The third-order valence-electron chi connectivity index (χ3n) is 4.91. The maximum atomic E-state index is 12.8. The van der Waals surface area contributed by atoms with Gasteiger partial charge >= 0.3 is 6.03 Å². The van der Waals surface area contributed by atoms with E-state index in [0.717, 1.165) is 41.4 Å². The summed E-state index contributed by atoms with van der Waals surface area (Å²) in [4.78, 5) is 27.0. The first-order valence-electron chi connectivity index (χ1n) is 9.18. The number of anilines is 2. The molecule has 0 saturated carbocycles. The standard InChI is InChI=1S/C21H20BrN3O3/c1-13-15-12-14(22)8-9-18(15)28-19(13)20(26)23-16-6-2-3-7-17(16)24-21(27)25-10-4-5-11-25/h2-3,6-9,12H,4-5,10-11H2,1H3,(H,23,26)(H,24,27). The number of furan rings is 1. The van der Waals surface area contributed by atoms with Crippen LogP contribution in [0.4, 0.5) is 16.2 Å². The van der Waals surface area contributed by atoms with E-state index in [0.29, 0.717) is 17.0 Å². The van der Waals surface area contributed by atoms with E-state index in [4.69, 9.17) is 4.42 Å². The Kier molecular flexibility index (Phi) is 5.09. The molecular weight excluding hydrogens is 422 g/mol. The number of halogens is 1. The van der Waals surface area contributed by atoms with Crippen LogP contribution in [-0.4, -0.2) is 29.9 Å². The minimum atomic E-state index is -0.354. The van der Waals surface area contributed by atoms with Crippen LogP contribution in [0.2, 0.25) is 0 Å². The molecule has 1 aliphatic heterocycles. The second-order valence-electron chi connectivity index (χ2n) is 6.82. The number of rotatable bonds is 3. The number of likely N-dealkylation sites (tertiary alicyclic amines) is 1. The van der Waals surface area contributed by atoms with Crippen LogP contribution < -0.4 is 10.6 Å². The van der Waals surface area contributed by atoms with Gasteiger partial charge in [0.25, 0.3) is 5.91 Å². The van der Waals surface area contributed by atoms with Gasteiger partial charge in [-0.15, -0.1) is 0 Å². The van der Waals surface area contributed by atoms with Crippen molar-refractivity contribution in [2.75, 3.05) is 23.7 Å². The van der Waals surface area contributed by atoms with Crippen molar-refractivity contribution in [1.82, 2.24) is 4.90 Å². The zero-order valence-electron chi connectivity index (χ0n) is 15.4. The van der Waals surface area contributed by atoms with E-state index in [-0.39, 0.29) is 17.7 Å². The number of nitrogens with zero attached hydrogens (tertiary/aromatic N) is 1. The first-order valence-corrected chi connectivity index (χ1v) is 9.97. The second-order valence-corrected chi connectivity index (χ2v) is 7.74. The van der Waals surface area contributed by atoms with Crippen LogP contribution in [0.5, 0.6) is 0 Å². The lowest BCUT2D eigenvalue weighted by molar-refractivity contribution is 0.0998. The van der Waals surface area contributed by atoms with Crippen LogP contribution in [-0.2, 0) is 0 Å². The van der Waals surface area contributed by atoms with E-state index >= 15 is 0 Å². The molecule has 0 atom stereocenters. The van der Waals surface area contributed by atoms with Crippen LogP contribution in [0, 0.1) is 6.92 Å². The third kappa shape index (κ3) is 3.62. The minimum absolute atomic E-state index is 0.149. The van der Waals surface area contributed by atoms with Crippen LogP contribution >= 0.6 is 15.9 Å². The molecule has 4 rings (SSSR count). The Hall–Kier alpha value is -2.80. The number of carbonyl (C=O) groups is 2. The molecular formula is C21H20BrN3O3. The number of nitrogens with one attached hydrogen (secondary N) is 2. The Labute approximate surface area is 171 Å². The average molecular weight is 442 g/mol. The second kappa shape index (κ2) is 7.67. The van der Waals surface area contributed by atoms with Gasteiger partial charge in [-0.25, -0.2) is 4.79 Å². The van der Waals surface area contributed by atoms with Gasteiger partial charge in [-0.3, -0.25) is 4.79 Å². The molecule has 3 amide bonds. The number of hydrogen-bond acceptors (Lipinski definition) is 3. The summed E-state index contributed by atoms with van der Waals surface area (Å²) < 4.78 is 6.68. The van der Waals surface area contributed by atoms with E-state index in [9.17, 15) is 9.59 Å². The lowest BCUT2D eigenvalue weighted by Gasteiger charge is -2.18. The van der Waals surface area contributed by atoms with Gasteiger partial charge in [-0.05, 0) is 50.1 Å². The Morgan fingerprint density at radius 1 is 1.04 bits per heavy atom. The van der Waals surface area contributed by atoms with Crippen molar-refractivity contribution in [1.29, 1.82) is 0 Å². The molecule has 0 unspecified atom stereocenters. The molecule has 6 nitrogen and oxygen atoms in total. The van der Waals surface area contributed by atoms with Crippen molar-refractivity contribution in [3.63, 3.8) is 0 Å². The Morgan fingerprint density at radius 2 is 1.71 bits per heavy atom. The van der Waals surface area contributed by atoms with Gasteiger partial charge in [0.1, 0.15) is 5.58 Å². The van der Waals surface area contributed by atoms with Crippen molar-refractivity contribution < 1.29 is 14.0 Å². The molecule has 1 aromatic heterocycles. The molecule has 0 aliphatic carbocycles. The number of benzene rings is 2. The van der Waals surface area contributed by atoms with Crippen LogP contribution in [0.1, 0.15) is 29.0 Å². The molecule has 0 bridgehead atoms. The summed E-state index contributed by atoms with van der Waals surface area (Å²) in [6, 6.07) is 12.6. The number of fused-ring (bicyclic) bond motifs is 1. The van der Waals surface area contributed by atoms with Gasteiger partial charge in [-0.2, -0.15) is 0 Å². The molecule has 144 valence electrons. The number of urea groups is 1. The van der Waals surface area contributed by atoms with Crippen molar-refractivity contribution in [3.8, 4) is 0 Å². The van der Waals surface area contributed by atoms with E-state index in [1.807, 2.05) is 37.3 Å². The van der Waals surface area contributed by atoms with Gasteiger partial charge < -0.3 is 20.0 Å². The predicted molar refractivity (Wildman–Crippen MR) is 113 cm³/mol. The summed E-state index contributed by atoms with van der Waals surface area (Å²) in [5, 5.41) is 6.64. The number of amides is 3. The lowest BCUT2D eigenvalue weighted by Crippen LogP contribution is -2.32. The summed E-state index contributed by atoms with van der Waals surface area (Å²) in [6.07, 6.45) is 2.04. The van der Waals surface area contributed by atoms with Crippen LogP contribution in [0.15, 0.2) is 51.4 Å². The van der Waals surface area contributed by atoms with Gasteiger partial charge in [0.15, 0.2) is 5.76 Å². The highest BCUT2D eigenvalue weighted by Gasteiger charge is 2.21. The summed E-state index contributed by atoms with van der Waals surface area (Å²) in [7, 11) is 0. The molecule has 7 heteroatoms. The molecule has 0 radical (unpaired) electrons. The van der Waals surface area contributed by atoms with Crippen molar-refractivity contribution >= 4 is 50.2 Å². The molecule has 3 aromatic rings. The number of aryl methyl sites for hydroxylation is 1. The van der Waals surface area contributed by atoms with Gasteiger partial charge in [-0.1, -0.05) is 28.1 Å². The van der Waals surface area contributed by atoms with Gasteiger partial charge in [0.05, 0.1) is 11.4 Å². The van der Waals surface area contributed by atoms with Crippen LogP contribution in [0.3, 0.4) is 0 Å². The molecule has 1 saturated heterocycles. The molecule has 28 heavy (non-hydrogen) atoms. The highest BCUT2D eigenvalue weighted by atomic mass is 79.9. The average Bonchev–Trinajstić information content (AvgIpc) is 3.32. The number of carbonyl (C=O) groups excluding carboxylic acids is 2. The fourth-order valence-corrected chi connectivity index (χ4v) is 3.77. The first kappa shape index (κ1) is 18.6. The monoisotopic (exact) mass is 441 g/mol. The molecule has 1 aliphatic rings. The molecule has 2 N–H and O–H groups in total. The minimum Gasteiger partial charge on any atom is -0.451 e. The molecule has 0 spiro atoms. The summed E-state index contributed by atoms with van der Waals surface area (Å²) >= 11 is 3.44. The van der Waals surface area contributed by atoms with Crippen molar-refractivity contribution in [2.24, 2.45) is 0 Å². The normalized spacial score (nSPS) is 13.7. The van der Waals surface area contributed by atoms with Crippen molar-refractivity contribution in [2.45, 2.75) is 19.8 Å². The highest BCUT2D eigenvalue weighted by molar-refractivity contribution is 9.10. The smallest absolute Gasteiger partial charge is 0.321 e. The summed E-state index contributed by atoms with van der Waals surface area (Å²) in [5.74, 6) is -0.0959. The SMILES string of the molecule is Cc1c(C(=O)Nc2ccccc2NC(=O)N2CCCC2)oc2ccc(Br)cc12. The Morgan fingerprint density at radius 3 is 2.43 bits per heavy atom. The lowest BCUT2D eigenvalue weighted by atomic mass is 10.1. The largest absolute Gasteiger partial charge is 0.451 e. The zero-order valence-corrected chi connectivity index (χ0v) is 17.0. The fourth-order valence-electron chi connectivity index (χ4n) is 3.40. The van der Waals surface area contributed by atoms with E-state index < -0.39 is 0 Å². The molecule has 2 heterocycles. The van der Waals surface area contributed by atoms with E-state index in [1.165, 1.54) is 0 Å². The Balaban J connectivity index is 1.57. The van der Waals surface area contributed by atoms with E-state index in [1.54, 1.807) is 17.0 Å². The zero-order chi connectivity index (χ0) is 19.7. The quantitative estimate of drug-likeness (QED) is 0.572. The van der Waals surface area contributed by atoms with E-state index in [2.05, 4.69) is 26.6 Å². The molecule has 1 fully saturated rings. The highest BCUT2D eigenvalue weighted by Crippen LogP contribution is 2.29. The molecule has 2 aromatic carbocycles. The van der Waals surface area contributed by atoms with Crippen molar-refractivity contribution in [3.05, 3.63) is 58.3 Å². The summed E-state index contributed by atoms with van der Waals surface area (Å²) in [6.45, 7) is 3.37. The summed E-state index contributed by atoms with van der Waals surface area (Å²) in [5.41, 5.74) is 2.51. The van der Waals surface area contributed by atoms with Gasteiger partial charge in [0, 0.05) is 28.5 Å². The van der Waals surface area contributed by atoms with Gasteiger partial charge in [0.2, 0.25) is 0 Å². The topological polar surface area (TPSA) is 74.6 Å². The predicted octanol–water partition coefficient (Wildman–Crippen LogP) is 5.38. The maximum absolute atomic E-state index is 12.8. The number of hydrogen-bond donors (Lipinski definition) is 2. The third-order valence-corrected chi connectivity index (χ3v) is 5.41.